The lowest BCUT2D eigenvalue weighted by atomic mass is 10.2. The van der Waals surface area contributed by atoms with Crippen LogP contribution in [0.15, 0.2) is 34.9 Å². The van der Waals surface area contributed by atoms with Gasteiger partial charge in [0.25, 0.3) is 5.91 Å². The maximum Gasteiger partial charge on any atom is 0.251 e. The maximum absolute atomic E-state index is 11.7. The van der Waals surface area contributed by atoms with Crippen molar-refractivity contribution in [2.24, 2.45) is 0 Å². The summed E-state index contributed by atoms with van der Waals surface area (Å²) in [7, 11) is 0. The molecule has 2 N–H and O–H groups in total. The van der Waals surface area contributed by atoms with E-state index in [1.807, 2.05) is 0 Å². The molecule has 0 aliphatic carbocycles. The molecule has 5 heteroatoms. The topological polar surface area (TPSA) is 75.4 Å². The second kappa shape index (κ2) is 4.69. The van der Waals surface area contributed by atoms with Crippen LogP contribution in [0.2, 0.25) is 0 Å². The van der Waals surface area contributed by atoms with Crippen LogP contribution in [-0.4, -0.2) is 16.2 Å². The minimum atomic E-state index is -0.262. The molecule has 0 fully saturated rings. The monoisotopic (exact) mass is 232 g/mol. The summed E-state index contributed by atoms with van der Waals surface area (Å²) in [5.41, 5.74) is 1.07. The molecule has 1 amide bonds. The number of phenols is 1. The van der Waals surface area contributed by atoms with Gasteiger partial charge in [-0.1, -0.05) is 11.2 Å². The number of hydrogen-bond donors (Lipinski definition) is 2. The van der Waals surface area contributed by atoms with Crippen molar-refractivity contribution in [3.63, 3.8) is 0 Å². The largest absolute Gasteiger partial charge is 0.508 e. The quantitative estimate of drug-likeness (QED) is 0.843. The Morgan fingerprint density at radius 1 is 1.47 bits per heavy atom. The van der Waals surface area contributed by atoms with E-state index in [-0.39, 0.29) is 11.7 Å². The lowest BCUT2D eigenvalue weighted by Gasteiger charge is -2.02. The highest BCUT2D eigenvalue weighted by atomic mass is 16.5. The Balaban J connectivity index is 1.98. The van der Waals surface area contributed by atoms with Gasteiger partial charge in [0.2, 0.25) is 0 Å². The standard InChI is InChI=1S/C12H12N2O3/c1-8-5-10(14-17-8)7-13-12(16)9-3-2-4-11(15)6-9/h2-6,15H,7H2,1H3,(H,13,16). The summed E-state index contributed by atoms with van der Waals surface area (Å²) < 4.78 is 4.88. The molecule has 2 rings (SSSR count). The highest BCUT2D eigenvalue weighted by Crippen LogP contribution is 2.10. The number of carbonyl (C=O) groups excluding carboxylic acids is 1. The number of aromatic nitrogens is 1. The summed E-state index contributed by atoms with van der Waals surface area (Å²) in [6.07, 6.45) is 0. The van der Waals surface area contributed by atoms with Crippen LogP contribution >= 0.6 is 0 Å². The van der Waals surface area contributed by atoms with E-state index in [1.165, 1.54) is 12.1 Å². The zero-order valence-corrected chi connectivity index (χ0v) is 9.30. The Labute approximate surface area is 98.1 Å². The number of hydrogen-bond acceptors (Lipinski definition) is 4. The molecule has 88 valence electrons. The first-order chi connectivity index (χ1) is 8.15. The highest BCUT2D eigenvalue weighted by Gasteiger charge is 2.07. The lowest BCUT2D eigenvalue weighted by molar-refractivity contribution is 0.0949. The highest BCUT2D eigenvalue weighted by molar-refractivity contribution is 5.94. The molecule has 0 saturated heterocycles. The van der Waals surface area contributed by atoms with Crippen molar-refractivity contribution < 1.29 is 14.4 Å². The van der Waals surface area contributed by atoms with Crippen molar-refractivity contribution in [3.8, 4) is 5.75 Å². The number of amides is 1. The van der Waals surface area contributed by atoms with E-state index in [9.17, 15) is 9.90 Å². The van der Waals surface area contributed by atoms with Crippen LogP contribution < -0.4 is 5.32 Å². The van der Waals surface area contributed by atoms with E-state index in [0.29, 0.717) is 23.6 Å². The Hall–Kier alpha value is -2.30. The Morgan fingerprint density at radius 2 is 2.29 bits per heavy atom. The van der Waals surface area contributed by atoms with E-state index in [0.717, 1.165) is 0 Å². The molecule has 0 saturated carbocycles. The zero-order chi connectivity index (χ0) is 12.3. The van der Waals surface area contributed by atoms with Crippen LogP contribution in [0.4, 0.5) is 0 Å². The number of aromatic hydroxyl groups is 1. The smallest absolute Gasteiger partial charge is 0.251 e. The van der Waals surface area contributed by atoms with Gasteiger partial charge in [-0.05, 0) is 25.1 Å². The summed E-state index contributed by atoms with van der Waals surface area (Å²) in [6.45, 7) is 2.08. The van der Waals surface area contributed by atoms with Gasteiger partial charge < -0.3 is 14.9 Å². The van der Waals surface area contributed by atoms with Gasteiger partial charge in [-0.25, -0.2) is 0 Å². The summed E-state index contributed by atoms with van der Waals surface area (Å²) in [5, 5.41) is 15.7. The molecule has 0 aliphatic heterocycles. The Morgan fingerprint density at radius 3 is 2.94 bits per heavy atom. The third-order valence-corrected chi connectivity index (χ3v) is 2.22. The van der Waals surface area contributed by atoms with E-state index < -0.39 is 0 Å². The zero-order valence-electron chi connectivity index (χ0n) is 9.30. The number of nitrogens with one attached hydrogen (secondary N) is 1. The fourth-order valence-corrected chi connectivity index (χ4v) is 1.42. The fourth-order valence-electron chi connectivity index (χ4n) is 1.42. The predicted octanol–water partition coefficient (Wildman–Crippen LogP) is 1.62. The van der Waals surface area contributed by atoms with Crippen molar-refractivity contribution in [2.75, 3.05) is 0 Å². The van der Waals surface area contributed by atoms with Crippen LogP contribution in [0, 0.1) is 6.92 Å². The number of nitrogens with zero attached hydrogens (tertiary/aromatic N) is 1. The second-order valence-electron chi connectivity index (χ2n) is 3.66. The second-order valence-corrected chi connectivity index (χ2v) is 3.66. The predicted molar refractivity (Wildman–Crippen MR) is 60.5 cm³/mol. The number of rotatable bonds is 3. The van der Waals surface area contributed by atoms with Gasteiger partial charge in [0.1, 0.15) is 17.2 Å². The first-order valence-electron chi connectivity index (χ1n) is 5.14. The van der Waals surface area contributed by atoms with Crippen LogP contribution in [-0.2, 0) is 6.54 Å². The molecule has 2 aromatic rings. The molecule has 0 atom stereocenters. The van der Waals surface area contributed by atoms with Crippen LogP contribution in [0.25, 0.3) is 0 Å². The van der Waals surface area contributed by atoms with Crippen molar-refractivity contribution in [3.05, 3.63) is 47.3 Å². The molecular weight excluding hydrogens is 220 g/mol. The van der Waals surface area contributed by atoms with E-state index in [1.54, 1.807) is 25.1 Å². The summed E-state index contributed by atoms with van der Waals surface area (Å²) >= 11 is 0. The molecule has 0 bridgehead atoms. The summed E-state index contributed by atoms with van der Waals surface area (Å²) in [4.78, 5) is 11.7. The molecule has 0 radical (unpaired) electrons. The van der Waals surface area contributed by atoms with Gasteiger partial charge in [-0.3, -0.25) is 4.79 Å². The van der Waals surface area contributed by atoms with E-state index in [2.05, 4.69) is 10.5 Å². The third-order valence-electron chi connectivity index (χ3n) is 2.22. The number of phenolic OH excluding ortho intramolecular Hbond substituents is 1. The maximum atomic E-state index is 11.7. The average Bonchev–Trinajstić information content (AvgIpc) is 2.72. The molecule has 0 aliphatic rings. The van der Waals surface area contributed by atoms with Crippen LogP contribution in [0.3, 0.4) is 0 Å². The molecule has 1 heterocycles. The normalized spacial score (nSPS) is 10.2. The van der Waals surface area contributed by atoms with Gasteiger partial charge in [0, 0.05) is 11.6 Å². The van der Waals surface area contributed by atoms with Crippen molar-refractivity contribution in [1.82, 2.24) is 10.5 Å². The van der Waals surface area contributed by atoms with E-state index >= 15 is 0 Å². The summed E-state index contributed by atoms with van der Waals surface area (Å²) in [6, 6.07) is 7.91. The molecular formula is C12H12N2O3. The first-order valence-corrected chi connectivity index (χ1v) is 5.14. The molecule has 1 aromatic carbocycles. The van der Waals surface area contributed by atoms with Gasteiger partial charge in [0.15, 0.2) is 0 Å². The number of carbonyl (C=O) groups is 1. The molecule has 5 nitrogen and oxygen atoms in total. The summed E-state index contributed by atoms with van der Waals surface area (Å²) in [5.74, 6) is 0.503. The van der Waals surface area contributed by atoms with Gasteiger partial charge in [-0.2, -0.15) is 0 Å². The van der Waals surface area contributed by atoms with Crippen molar-refractivity contribution in [1.29, 1.82) is 0 Å². The minimum absolute atomic E-state index is 0.0648. The number of benzene rings is 1. The number of aryl methyl sites for hydroxylation is 1. The van der Waals surface area contributed by atoms with Crippen molar-refractivity contribution >= 4 is 5.91 Å². The molecule has 0 unspecified atom stereocenters. The van der Waals surface area contributed by atoms with Crippen LogP contribution in [0.1, 0.15) is 21.8 Å². The van der Waals surface area contributed by atoms with Crippen molar-refractivity contribution in [2.45, 2.75) is 13.5 Å². The van der Waals surface area contributed by atoms with Gasteiger partial charge >= 0.3 is 0 Å². The minimum Gasteiger partial charge on any atom is -0.508 e. The van der Waals surface area contributed by atoms with Crippen LogP contribution in [0.5, 0.6) is 5.75 Å². The van der Waals surface area contributed by atoms with Gasteiger partial charge in [0.05, 0.1) is 6.54 Å². The molecule has 17 heavy (non-hydrogen) atoms. The first kappa shape index (κ1) is 11.2. The lowest BCUT2D eigenvalue weighted by Crippen LogP contribution is -2.22. The Kier molecular flexibility index (Phi) is 3.09. The third kappa shape index (κ3) is 2.84. The van der Waals surface area contributed by atoms with Gasteiger partial charge in [-0.15, -0.1) is 0 Å². The van der Waals surface area contributed by atoms with E-state index in [4.69, 9.17) is 4.52 Å². The Bertz CT molecular complexity index is 534. The average molecular weight is 232 g/mol. The fraction of sp³-hybridized carbons (Fsp3) is 0.167. The molecule has 0 spiro atoms. The SMILES string of the molecule is Cc1cc(CNC(=O)c2cccc(O)c2)no1. The molecule has 1 aromatic heterocycles.